The van der Waals surface area contributed by atoms with Gasteiger partial charge in [-0.05, 0) is 49.8 Å². The number of ketones is 1. The maximum absolute atomic E-state index is 12.5. The molecule has 0 aliphatic carbocycles. The van der Waals surface area contributed by atoms with Gasteiger partial charge in [-0.2, -0.15) is 0 Å². The quantitative estimate of drug-likeness (QED) is 0.281. The van der Waals surface area contributed by atoms with Gasteiger partial charge in [0.15, 0.2) is 10.1 Å². The predicted molar refractivity (Wildman–Crippen MR) is 129 cm³/mol. The van der Waals surface area contributed by atoms with Gasteiger partial charge in [-0.1, -0.05) is 47.7 Å². The van der Waals surface area contributed by atoms with Crippen LogP contribution in [0.1, 0.15) is 26.5 Å². The van der Waals surface area contributed by atoms with Crippen molar-refractivity contribution in [3.05, 3.63) is 76.3 Å². The third kappa shape index (κ3) is 6.60. The van der Waals surface area contributed by atoms with Gasteiger partial charge in [-0.3, -0.25) is 9.59 Å². The number of nitrogens with one attached hydrogen (secondary N) is 1. The molecule has 3 aromatic rings. The number of thioether (sulfide) groups is 1. The van der Waals surface area contributed by atoms with E-state index in [2.05, 4.69) is 10.3 Å². The van der Waals surface area contributed by atoms with Crippen LogP contribution in [0.3, 0.4) is 0 Å². The summed E-state index contributed by atoms with van der Waals surface area (Å²) in [4.78, 5) is 29.6. The summed E-state index contributed by atoms with van der Waals surface area (Å²) in [5.41, 5.74) is 3.16. The Labute approximate surface area is 194 Å². The number of hydrogen-bond acceptors (Lipinski definition) is 7. The number of primary sulfonamides is 1. The summed E-state index contributed by atoms with van der Waals surface area (Å²) in [5.74, 6) is -0.318. The first-order valence-corrected chi connectivity index (χ1v) is 12.8. The molecule has 32 heavy (non-hydrogen) atoms. The third-order valence-corrected chi connectivity index (χ3v) is 7.54. The molecule has 3 N–H and O–H groups in total. The fourth-order valence-electron chi connectivity index (χ4n) is 2.64. The van der Waals surface area contributed by atoms with Crippen molar-refractivity contribution >= 4 is 56.6 Å². The van der Waals surface area contributed by atoms with E-state index in [9.17, 15) is 18.0 Å². The topological polar surface area (TPSA) is 119 Å². The average molecular weight is 488 g/mol. The molecule has 7 nitrogen and oxygen atoms in total. The van der Waals surface area contributed by atoms with Crippen molar-refractivity contribution in [3.63, 3.8) is 0 Å². The molecule has 166 valence electrons. The molecule has 1 amide bonds. The van der Waals surface area contributed by atoms with Crippen molar-refractivity contribution in [1.82, 2.24) is 4.98 Å². The van der Waals surface area contributed by atoms with Crippen molar-refractivity contribution in [1.29, 1.82) is 0 Å². The number of carbonyl (C=O) groups is 2. The van der Waals surface area contributed by atoms with Crippen LogP contribution in [0, 0.1) is 13.8 Å². The van der Waals surface area contributed by atoms with Gasteiger partial charge >= 0.3 is 0 Å². The Bertz CT molecular complexity index is 1260. The number of nitrogens with zero attached hydrogens (tertiary/aromatic N) is 1. The van der Waals surface area contributed by atoms with Gasteiger partial charge in [0.25, 0.3) is 0 Å². The highest BCUT2D eigenvalue weighted by molar-refractivity contribution is 8.01. The number of aryl methyl sites for hydroxylation is 2. The predicted octanol–water partition coefficient (Wildman–Crippen LogP) is 4.03. The highest BCUT2D eigenvalue weighted by atomic mass is 32.2. The van der Waals surface area contributed by atoms with E-state index in [1.54, 1.807) is 13.0 Å². The van der Waals surface area contributed by atoms with Gasteiger partial charge < -0.3 is 5.32 Å². The smallest absolute Gasteiger partial charge is 0.238 e. The van der Waals surface area contributed by atoms with Crippen LogP contribution >= 0.6 is 23.1 Å². The van der Waals surface area contributed by atoms with E-state index in [4.69, 9.17) is 5.14 Å². The van der Waals surface area contributed by atoms with E-state index < -0.39 is 10.0 Å². The van der Waals surface area contributed by atoms with Gasteiger partial charge in [-0.15, -0.1) is 11.3 Å². The lowest BCUT2D eigenvalue weighted by Crippen LogP contribution is -2.15. The highest BCUT2D eigenvalue weighted by Crippen LogP contribution is 2.28. The van der Waals surface area contributed by atoms with E-state index in [0.29, 0.717) is 20.6 Å². The zero-order valence-corrected chi connectivity index (χ0v) is 19.8. The number of sulfonamides is 1. The van der Waals surface area contributed by atoms with E-state index in [-0.39, 0.29) is 22.3 Å². The number of aromatic nitrogens is 1. The van der Waals surface area contributed by atoms with Gasteiger partial charge in [0, 0.05) is 5.69 Å². The van der Waals surface area contributed by atoms with E-state index in [1.165, 1.54) is 53.4 Å². The molecule has 0 aliphatic rings. The largest absolute Gasteiger partial charge is 0.325 e. The molecule has 0 saturated heterocycles. The number of hydrogen-bond donors (Lipinski definition) is 2. The number of carbonyl (C=O) groups excluding carboxylic acids is 2. The Morgan fingerprint density at radius 1 is 1.09 bits per heavy atom. The molecule has 2 aromatic carbocycles. The summed E-state index contributed by atoms with van der Waals surface area (Å²) < 4.78 is 23.2. The zero-order valence-electron chi connectivity index (χ0n) is 17.4. The Hall–Kier alpha value is -2.79. The molecule has 1 heterocycles. The maximum atomic E-state index is 12.5. The lowest BCUT2D eigenvalue weighted by Gasteiger charge is -2.05. The molecular formula is C22H21N3O4S3. The zero-order chi connectivity index (χ0) is 23.3. The monoisotopic (exact) mass is 487 g/mol. The number of nitrogens with two attached hydrogens (primary N) is 1. The van der Waals surface area contributed by atoms with E-state index >= 15 is 0 Å². The molecule has 0 aliphatic heterocycles. The van der Waals surface area contributed by atoms with Gasteiger partial charge in [0.1, 0.15) is 0 Å². The molecule has 0 atom stereocenters. The minimum absolute atomic E-state index is 0.0308. The molecular weight excluding hydrogens is 466 g/mol. The van der Waals surface area contributed by atoms with Gasteiger partial charge in [-0.25, -0.2) is 18.5 Å². The van der Waals surface area contributed by atoms with Crippen LogP contribution in [0.15, 0.2) is 63.8 Å². The van der Waals surface area contributed by atoms with E-state index in [0.717, 1.165) is 11.1 Å². The number of rotatable bonds is 8. The molecule has 0 bridgehead atoms. The first kappa shape index (κ1) is 23.9. The first-order valence-electron chi connectivity index (χ1n) is 9.44. The number of amides is 1. The van der Waals surface area contributed by atoms with Crippen LogP contribution in [-0.4, -0.2) is 30.8 Å². The lowest BCUT2D eigenvalue weighted by atomic mass is 10.1. The molecule has 0 radical (unpaired) electrons. The van der Waals surface area contributed by atoms with Gasteiger partial charge in [0.05, 0.1) is 21.2 Å². The van der Waals surface area contributed by atoms with Crippen molar-refractivity contribution < 1.29 is 18.0 Å². The van der Waals surface area contributed by atoms with Crippen LogP contribution < -0.4 is 10.5 Å². The molecule has 0 fully saturated rings. The van der Waals surface area contributed by atoms with Crippen LogP contribution in [-0.2, 0) is 14.8 Å². The summed E-state index contributed by atoms with van der Waals surface area (Å²) in [6, 6.07) is 13.4. The van der Waals surface area contributed by atoms with Gasteiger partial charge in [0.2, 0.25) is 15.9 Å². The Morgan fingerprint density at radius 3 is 2.38 bits per heavy atom. The van der Waals surface area contributed by atoms with Crippen molar-refractivity contribution in [2.24, 2.45) is 5.14 Å². The summed E-state index contributed by atoms with van der Waals surface area (Å²) in [6.45, 7) is 3.77. The minimum atomic E-state index is -3.78. The second-order valence-corrected chi connectivity index (χ2v) is 10.7. The summed E-state index contributed by atoms with van der Waals surface area (Å²) >= 11 is 2.48. The minimum Gasteiger partial charge on any atom is -0.325 e. The standard InChI is InChI=1S/C22H21N3O4S3/c1-14-3-5-16(6-4-14)7-12-19(26)21-15(2)24-22(31-21)30-13-20(27)25-17-8-10-18(11-9-17)32(23,28)29/h3-12H,13H2,1-2H3,(H,25,27)(H2,23,28,29)/b12-7+. The van der Waals surface area contributed by atoms with Crippen LogP contribution in [0.5, 0.6) is 0 Å². The number of thiazole rings is 1. The van der Waals surface area contributed by atoms with Crippen LogP contribution in [0.25, 0.3) is 6.08 Å². The molecule has 0 saturated carbocycles. The van der Waals surface area contributed by atoms with E-state index in [1.807, 2.05) is 31.2 Å². The second kappa shape index (κ2) is 10.2. The molecule has 3 rings (SSSR count). The summed E-state index contributed by atoms with van der Waals surface area (Å²) in [7, 11) is -3.78. The lowest BCUT2D eigenvalue weighted by molar-refractivity contribution is -0.113. The Morgan fingerprint density at radius 2 is 1.75 bits per heavy atom. The number of allylic oxidation sites excluding steroid dienone is 1. The van der Waals surface area contributed by atoms with Crippen molar-refractivity contribution in [2.75, 3.05) is 11.1 Å². The number of anilines is 1. The fraction of sp³-hybridized carbons (Fsp3) is 0.136. The molecule has 0 spiro atoms. The van der Waals surface area contributed by atoms with Crippen LogP contribution in [0.2, 0.25) is 0 Å². The molecule has 10 heteroatoms. The maximum Gasteiger partial charge on any atom is 0.238 e. The average Bonchev–Trinajstić information content (AvgIpc) is 3.12. The second-order valence-electron chi connectivity index (χ2n) is 6.91. The Balaban J connectivity index is 1.57. The SMILES string of the molecule is Cc1ccc(/C=C/C(=O)c2sc(SCC(=O)Nc3ccc(S(N)(=O)=O)cc3)nc2C)cc1. The molecule has 1 aromatic heterocycles. The normalized spacial score (nSPS) is 11.6. The van der Waals surface area contributed by atoms with Crippen molar-refractivity contribution in [2.45, 2.75) is 23.1 Å². The first-order chi connectivity index (χ1) is 15.1. The number of benzene rings is 2. The highest BCUT2D eigenvalue weighted by Gasteiger charge is 2.15. The summed E-state index contributed by atoms with van der Waals surface area (Å²) in [6.07, 6.45) is 3.29. The molecule has 0 unspecified atom stereocenters. The third-order valence-electron chi connectivity index (χ3n) is 4.30. The van der Waals surface area contributed by atoms with Crippen LogP contribution in [0.4, 0.5) is 5.69 Å². The summed E-state index contributed by atoms with van der Waals surface area (Å²) in [5, 5.41) is 7.74. The van der Waals surface area contributed by atoms with Crippen molar-refractivity contribution in [3.8, 4) is 0 Å². The fourth-order valence-corrected chi connectivity index (χ4v) is 5.06. The Kier molecular flexibility index (Phi) is 7.62.